The van der Waals surface area contributed by atoms with Gasteiger partial charge in [-0.25, -0.2) is 4.39 Å². The van der Waals surface area contributed by atoms with Crippen molar-refractivity contribution in [2.45, 2.75) is 59.0 Å². The van der Waals surface area contributed by atoms with Gasteiger partial charge < -0.3 is 10.2 Å². The summed E-state index contributed by atoms with van der Waals surface area (Å²) in [4.78, 5) is 2.31. The first kappa shape index (κ1) is 16.3. The second kappa shape index (κ2) is 7.79. The summed E-state index contributed by atoms with van der Waals surface area (Å²) in [6.07, 6.45) is 4.69. The van der Waals surface area contributed by atoms with E-state index in [1.165, 1.54) is 12.8 Å². The molecule has 1 aliphatic carbocycles. The zero-order valence-electron chi connectivity index (χ0n) is 13.7. The molecular formula is C18H29FN2. The van der Waals surface area contributed by atoms with E-state index in [4.69, 9.17) is 0 Å². The lowest BCUT2D eigenvalue weighted by Crippen LogP contribution is -2.30. The third kappa shape index (κ3) is 4.70. The predicted molar refractivity (Wildman–Crippen MR) is 88.2 cm³/mol. The molecule has 1 saturated carbocycles. The number of para-hydroxylation sites is 1. The largest absolute Gasteiger partial charge is 0.366 e. The fraction of sp³-hybridized carbons (Fsp3) is 0.667. The molecule has 1 N–H and O–H groups in total. The van der Waals surface area contributed by atoms with E-state index in [0.29, 0.717) is 12.0 Å². The highest BCUT2D eigenvalue weighted by atomic mass is 19.1. The van der Waals surface area contributed by atoms with E-state index in [1.807, 2.05) is 6.07 Å². The molecule has 21 heavy (non-hydrogen) atoms. The van der Waals surface area contributed by atoms with Crippen molar-refractivity contribution in [3.63, 3.8) is 0 Å². The van der Waals surface area contributed by atoms with E-state index in [0.717, 1.165) is 43.7 Å². The van der Waals surface area contributed by atoms with Crippen LogP contribution in [0.2, 0.25) is 0 Å². The monoisotopic (exact) mass is 292 g/mol. The molecule has 1 aromatic rings. The summed E-state index contributed by atoms with van der Waals surface area (Å²) in [5.41, 5.74) is 1.93. The van der Waals surface area contributed by atoms with Gasteiger partial charge in [-0.15, -0.1) is 0 Å². The van der Waals surface area contributed by atoms with Crippen LogP contribution in [-0.2, 0) is 6.54 Å². The van der Waals surface area contributed by atoms with Crippen LogP contribution >= 0.6 is 0 Å². The average molecular weight is 292 g/mol. The summed E-state index contributed by atoms with van der Waals surface area (Å²) in [5.74, 6) is 0.545. The Morgan fingerprint density at radius 1 is 1.33 bits per heavy atom. The van der Waals surface area contributed by atoms with Gasteiger partial charge >= 0.3 is 0 Å². The minimum atomic E-state index is -0.0677. The summed E-state index contributed by atoms with van der Waals surface area (Å²) >= 11 is 0. The molecule has 0 amide bonds. The smallest absolute Gasteiger partial charge is 0.146 e. The van der Waals surface area contributed by atoms with E-state index in [1.54, 1.807) is 6.07 Å². The van der Waals surface area contributed by atoms with Crippen LogP contribution in [0, 0.1) is 11.7 Å². The molecule has 118 valence electrons. The normalized spacial score (nSPS) is 14.7. The number of halogens is 1. The van der Waals surface area contributed by atoms with Gasteiger partial charge in [-0.3, -0.25) is 0 Å². The second-order valence-corrected chi connectivity index (χ2v) is 6.55. The van der Waals surface area contributed by atoms with Gasteiger partial charge in [0.15, 0.2) is 0 Å². The topological polar surface area (TPSA) is 15.3 Å². The number of nitrogens with one attached hydrogen (secondary N) is 1. The highest BCUT2D eigenvalue weighted by Crippen LogP contribution is 2.35. The summed E-state index contributed by atoms with van der Waals surface area (Å²) in [7, 11) is 0. The van der Waals surface area contributed by atoms with E-state index >= 15 is 0 Å². The highest BCUT2D eigenvalue weighted by molar-refractivity contribution is 5.56. The number of hydrogen-bond donors (Lipinski definition) is 1. The third-order valence-corrected chi connectivity index (χ3v) is 3.97. The van der Waals surface area contributed by atoms with Gasteiger partial charge in [-0.2, -0.15) is 0 Å². The van der Waals surface area contributed by atoms with E-state index in [2.05, 4.69) is 37.1 Å². The first-order valence-electron chi connectivity index (χ1n) is 8.38. The maximum Gasteiger partial charge on any atom is 0.146 e. The van der Waals surface area contributed by atoms with Crippen molar-refractivity contribution in [3.05, 3.63) is 29.6 Å². The molecule has 2 nitrogen and oxygen atoms in total. The van der Waals surface area contributed by atoms with Crippen LogP contribution in [-0.4, -0.2) is 19.1 Å². The van der Waals surface area contributed by atoms with Crippen LogP contribution in [0.1, 0.15) is 52.0 Å². The fourth-order valence-electron chi connectivity index (χ4n) is 2.71. The molecule has 0 aliphatic heterocycles. The van der Waals surface area contributed by atoms with Crippen LogP contribution in [0.4, 0.5) is 10.1 Å². The van der Waals surface area contributed by atoms with Crippen molar-refractivity contribution in [1.29, 1.82) is 0 Å². The highest BCUT2D eigenvalue weighted by Gasteiger charge is 2.31. The van der Waals surface area contributed by atoms with Gasteiger partial charge in [-0.1, -0.05) is 39.3 Å². The summed E-state index contributed by atoms with van der Waals surface area (Å²) in [6.45, 7) is 9.26. The molecule has 0 aromatic heterocycles. The number of anilines is 1. The minimum Gasteiger partial charge on any atom is -0.366 e. The van der Waals surface area contributed by atoms with E-state index < -0.39 is 0 Å². The molecule has 0 spiro atoms. The van der Waals surface area contributed by atoms with Crippen LogP contribution < -0.4 is 10.2 Å². The van der Waals surface area contributed by atoms with Crippen molar-refractivity contribution < 1.29 is 4.39 Å². The number of hydrogen-bond acceptors (Lipinski definition) is 2. The minimum absolute atomic E-state index is 0.0677. The van der Waals surface area contributed by atoms with Gasteiger partial charge in [-0.05, 0) is 43.4 Å². The Kier molecular flexibility index (Phi) is 6.04. The molecule has 0 saturated heterocycles. The summed E-state index contributed by atoms with van der Waals surface area (Å²) in [5, 5.41) is 3.45. The molecule has 0 unspecified atom stereocenters. The van der Waals surface area contributed by atoms with Crippen molar-refractivity contribution in [2.24, 2.45) is 5.92 Å². The predicted octanol–water partition coefficient (Wildman–Crippen LogP) is 4.34. The summed E-state index contributed by atoms with van der Waals surface area (Å²) < 4.78 is 14.4. The summed E-state index contributed by atoms with van der Waals surface area (Å²) in [6, 6.07) is 6.04. The second-order valence-electron chi connectivity index (χ2n) is 6.55. The number of nitrogens with zero attached hydrogens (tertiary/aromatic N) is 1. The fourth-order valence-corrected chi connectivity index (χ4v) is 2.71. The molecule has 0 heterocycles. The molecule has 0 bridgehead atoms. The Morgan fingerprint density at radius 3 is 2.71 bits per heavy atom. The lowest BCUT2D eigenvalue weighted by atomic mass is 10.1. The zero-order valence-corrected chi connectivity index (χ0v) is 13.7. The van der Waals surface area contributed by atoms with E-state index in [-0.39, 0.29) is 5.82 Å². The molecular weight excluding hydrogens is 263 g/mol. The quantitative estimate of drug-likeness (QED) is 0.728. The molecule has 1 aromatic carbocycles. The SMILES string of the molecule is CCCCN(c1c(F)cccc1CNCC(C)C)C1CC1. The number of rotatable bonds is 9. The number of unbranched alkanes of at least 4 members (excludes halogenated alkanes) is 1. The number of benzene rings is 1. The third-order valence-electron chi connectivity index (χ3n) is 3.97. The zero-order chi connectivity index (χ0) is 15.2. The van der Waals surface area contributed by atoms with Gasteiger partial charge in [0.2, 0.25) is 0 Å². The van der Waals surface area contributed by atoms with Crippen LogP contribution in [0.5, 0.6) is 0 Å². The maximum atomic E-state index is 14.4. The molecule has 3 heteroatoms. The standard InChI is InChI=1S/C18H29FN2/c1-4-5-11-21(16-9-10-16)18-15(7-6-8-17(18)19)13-20-12-14(2)3/h6-8,14,16,20H,4-5,9-13H2,1-3H3. The Labute approximate surface area is 128 Å². The van der Waals surface area contributed by atoms with Gasteiger partial charge in [0.1, 0.15) is 5.82 Å². The van der Waals surface area contributed by atoms with Crippen molar-refractivity contribution in [3.8, 4) is 0 Å². The molecule has 1 fully saturated rings. The molecule has 2 rings (SSSR count). The maximum absolute atomic E-state index is 14.4. The van der Waals surface area contributed by atoms with Gasteiger partial charge in [0.25, 0.3) is 0 Å². The van der Waals surface area contributed by atoms with E-state index in [9.17, 15) is 4.39 Å². The first-order chi connectivity index (χ1) is 10.1. The average Bonchev–Trinajstić information content (AvgIpc) is 3.25. The molecule has 0 atom stereocenters. The Bertz CT molecular complexity index is 441. The van der Waals surface area contributed by atoms with Crippen molar-refractivity contribution in [1.82, 2.24) is 5.32 Å². The Balaban J connectivity index is 2.14. The molecule has 0 radical (unpaired) electrons. The Morgan fingerprint density at radius 2 is 2.10 bits per heavy atom. The lowest BCUT2D eigenvalue weighted by Gasteiger charge is -2.28. The first-order valence-corrected chi connectivity index (χ1v) is 8.38. The lowest BCUT2D eigenvalue weighted by molar-refractivity contribution is 0.548. The Hall–Kier alpha value is -1.09. The van der Waals surface area contributed by atoms with Crippen molar-refractivity contribution in [2.75, 3.05) is 18.0 Å². The van der Waals surface area contributed by atoms with Crippen LogP contribution in [0.15, 0.2) is 18.2 Å². The van der Waals surface area contributed by atoms with Gasteiger partial charge in [0, 0.05) is 19.1 Å². The van der Waals surface area contributed by atoms with Crippen molar-refractivity contribution >= 4 is 5.69 Å². The van der Waals surface area contributed by atoms with Crippen LogP contribution in [0.3, 0.4) is 0 Å². The molecule has 1 aliphatic rings. The van der Waals surface area contributed by atoms with Gasteiger partial charge in [0.05, 0.1) is 5.69 Å². The van der Waals surface area contributed by atoms with Crippen LogP contribution in [0.25, 0.3) is 0 Å².